The predicted molar refractivity (Wildman–Crippen MR) is 129 cm³/mol. The van der Waals surface area contributed by atoms with Crippen LogP contribution in [-0.2, 0) is 4.79 Å². The van der Waals surface area contributed by atoms with Gasteiger partial charge in [-0.2, -0.15) is 13.2 Å². The molecule has 4 rings (SSSR count). The highest BCUT2D eigenvalue weighted by Gasteiger charge is 2.38. The summed E-state index contributed by atoms with van der Waals surface area (Å²) in [6, 6.07) is 11.3. The van der Waals surface area contributed by atoms with Crippen LogP contribution in [0.25, 0.3) is 11.0 Å². The van der Waals surface area contributed by atoms with Gasteiger partial charge in [-0.25, -0.2) is 14.0 Å². The fraction of sp³-hybridized carbons (Fsp3) is 0.375. The van der Waals surface area contributed by atoms with Gasteiger partial charge < -0.3 is 20.3 Å². The highest BCUT2D eigenvalue weighted by Crippen LogP contribution is 2.25. The zero-order valence-corrected chi connectivity index (χ0v) is 20.4. The number of carboxylic acids is 1. The first-order valence-electron chi connectivity index (χ1n) is 11.3. The molecule has 0 unspecified atom stereocenters. The van der Waals surface area contributed by atoms with Crippen molar-refractivity contribution in [3.8, 4) is 0 Å². The van der Waals surface area contributed by atoms with Crippen molar-refractivity contribution in [2.75, 3.05) is 19.6 Å². The van der Waals surface area contributed by atoms with Crippen LogP contribution in [0.2, 0.25) is 5.02 Å². The quantitative estimate of drug-likeness (QED) is 0.417. The Hall–Kier alpha value is -3.38. The van der Waals surface area contributed by atoms with Crippen molar-refractivity contribution in [1.29, 1.82) is 0 Å². The number of alkyl halides is 3. The maximum atomic E-state index is 13.4. The number of H-pyrrole nitrogens is 1. The Bertz CT molecular complexity index is 1300. The molecule has 1 aliphatic heterocycles. The van der Waals surface area contributed by atoms with Crippen molar-refractivity contribution in [2.45, 2.75) is 38.0 Å². The number of benzene rings is 2. The Labute approximate surface area is 213 Å². The second kappa shape index (κ2) is 11.8. The standard InChI is InChI=1S/C22H24ClFN4O2.C2HF3O2/c1-14(25-21(29)15-2-4-16(23)5-3-15)13-27-10-8-18(9-11-27)28-20-7-6-17(24)12-19(20)26-22(28)30;3-2(4,5)1(6)7/h2-7,12,14,18H,8-11,13H2,1H3,(H,25,29)(H,26,30);(H,6,7)/t14-;/m0./s1. The molecule has 0 saturated carbocycles. The van der Waals surface area contributed by atoms with Crippen LogP contribution < -0.4 is 11.0 Å². The molecule has 1 atom stereocenters. The lowest BCUT2D eigenvalue weighted by Crippen LogP contribution is -2.45. The van der Waals surface area contributed by atoms with Gasteiger partial charge in [-0.3, -0.25) is 9.36 Å². The van der Waals surface area contributed by atoms with E-state index in [0.29, 0.717) is 16.1 Å². The molecule has 3 N–H and O–H groups in total. The Morgan fingerprint density at radius 1 is 1.16 bits per heavy atom. The number of carbonyl (C=O) groups excluding carboxylic acids is 1. The minimum atomic E-state index is -5.08. The Kier molecular flexibility index (Phi) is 8.98. The van der Waals surface area contributed by atoms with E-state index < -0.39 is 12.1 Å². The monoisotopic (exact) mass is 544 g/mol. The molecule has 200 valence electrons. The van der Waals surface area contributed by atoms with Crippen molar-refractivity contribution in [1.82, 2.24) is 19.8 Å². The Balaban J connectivity index is 0.000000479. The third kappa shape index (κ3) is 7.56. The molecule has 1 aromatic heterocycles. The van der Waals surface area contributed by atoms with Gasteiger partial charge in [0, 0.05) is 42.3 Å². The molecule has 1 amide bonds. The number of aliphatic carboxylic acids is 1. The molecule has 13 heteroatoms. The van der Waals surface area contributed by atoms with E-state index in [0.717, 1.165) is 38.0 Å². The van der Waals surface area contributed by atoms with E-state index in [-0.39, 0.29) is 29.5 Å². The molecule has 1 fully saturated rings. The van der Waals surface area contributed by atoms with Crippen molar-refractivity contribution in [2.24, 2.45) is 0 Å². The van der Waals surface area contributed by atoms with Gasteiger partial charge >= 0.3 is 17.8 Å². The molecular weight excluding hydrogens is 520 g/mol. The van der Waals surface area contributed by atoms with Crippen molar-refractivity contribution in [3.05, 3.63) is 69.4 Å². The number of nitrogens with one attached hydrogen (secondary N) is 2. The number of imidazole rings is 1. The van der Waals surface area contributed by atoms with Gasteiger partial charge in [-0.1, -0.05) is 11.6 Å². The molecular formula is C24H25ClF4N4O4. The summed E-state index contributed by atoms with van der Waals surface area (Å²) in [6.07, 6.45) is -3.44. The van der Waals surface area contributed by atoms with Gasteiger partial charge in [-0.05, 0) is 62.2 Å². The van der Waals surface area contributed by atoms with E-state index in [9.17, 15) is 27.2 Å². The molecule has 1 aliphatic rings. The van der Waals surface area contributed by atoms with Gasteiger partial charge in [0.15, 0.2) is 0 Å². The van der Waals surface area contributed by atoms with Crippen LogP contribution in [-0.4, -0.2) is 63.3 Å². The first kappa shape index (κ1) is 28.2. The van der Waals surface area contributed by atoms with E-state index in [4.69, 9.17) is 21.5 Å². The number of nitrogens with zero attached hydrogens (tertiary/aromatic N) is 2. The molecule has 2 heterocycles. The number of amides is 1. The first-order chi connectivity index (χ1) is 17.3. The summed E-state index contributed by atoms with van der Waals surface area (Å²) in [5.41, 5.74) is 1.65. The second-order valence-corrected chi connectivity index (χ2v) is 9.11. The van der Waals surface area contributed by atoms with Crippen molar-refractivity contribution >= 4 is 34.5 Å². The average Bonchev–Trinajstić information content (AvgIpc) is 3.14. The summed E-state index contributed by atoms with van der Waals surface area (Å²) in [5, 5.41) is 10.7. The number of likely N-dealkylation sites (tertiary alicyclic amines) is 1. The number of rotatable bonds is 5. The lowest BCUT2D eigenvalue weighted by atomic mass is 10.0. The smallest absolute Gasteiger partial charge is 0.475 e. The van der Waals surface area contributed by atoms with Crippen LogP contribution in [0.1, 0.15) is 36.2 Å². The number of carboxylic acid groups (broad SMARTS) is 1. The first-order valence-corrected chi connectivity index (χ1v) is 11.7. The van der Waals surface area contributed by atoms with Gasteiger partial charge in [0.2, 0.25) is 0 Å². The van der Waals surface area contributed by atoms with E-state index in [1.54, 1.807) is 34.9 Å². The number of aromatic nitrogens is 2. The lowest BCUT2D eigenvalue weighted by Gasteiger charge is -2.34. The lowest BCUT2D eigenvalue weighted by molar-refractivity contribution is -0.192. The van der Waals surface area contributed by atoms with Gasteiger partial charge in [0.05, 0.1) is 11.0 Å². The number of piperidine rings is 1. The summed E-state index contributed by atoms with van der Waals surface area (Å²) in [5.74, 6) is -3.24. The van der Waals surface area contributed by atoms with Crippen LogP contribution in [0.4, 0.5) is 17.6 Å². The normalized spacial score (nSPS) is 15.6. The number of hydrogen-bond donors (Lipinski definition) is 3. The zero-order chi connectivity index (χ0) is 27.3. The fourth-order valence-electron chi connectivity index (χ4n) is 4.17. The van der Waals surface area contributed by atoms with Gasteiger partial charge in [0.25, 0.3) is 5.91 Å². The number of fused-ring (bicyclic) bond motifs is 1. The Morgan fingerprint density at radius 3 is 2.32 bits per heavy atom. The van der Waals surface area contributed by atoms with Gasteiger partial charge in [0.1, 0.15) is 5.82 Å². The summed E-state index contributed by atoms with van der Waals surface area (Å²) >= 11 is 5.87. The predicted octanol–water partition coefficient (Wildman–Crippen LogP) is 4.21. The molecule has 0 aliphatic carbocycles. The van der Waals surface area contributed by atoms with E-state index >= 15 is 0 Å². The minimum absolute atomic E-state index is 0.0106. The van der Waals surface area contributed by atoms with Crippen LogP contribution in [0.5, 0.6) is 0 Å². The topological polar surface area (TPSA) is 107 Å². The number of hydrogen-bond acceptors (Lipinski definition) is 4. The van der Waals surface area contributed by atoms with Crippen molar-refractivity contribution in [3.63, 3.8) is 0 Å². The molecule has 8 nitrogen and oxygen atoms in total. The fourth-order valence-corrected chi connectivity index (χ4v) is 4.29. The number of halogens is 5. The summed E-state index contributed by atoms with van der Waals surface area (Å²) in [7, 11) is 0. The highest BCUT2D eigenvalue weighted by atomic mass is 35.5. The molecule has 0 radical (unpaired) electrons. The molecule has 2 aromatic carbocycles. The zero-order valence-electron chi connectivity index (χ0n) is 19.7. The average molecular weight is 545 g/mol. The molecule has 1 saturated heterocycles. The third-order valence-electron chi connectivity index (χ3n) is 5.86. The van der Waals surface area contributed by atoms with E-state index in [1.807, 2.05) is 6.92 Å². The van der Waals surface area contributed by atoms with Gasteiger partial charge in [-0.15, -0.1) is 0 Å². The van der Waals surface area contributed by atoms with Crippen LogP contribution in [0, 0.1) is 5.82 Å². The van der Waals surface area contributed by atoms with Crippen LogP contribution in [0.15, 0.2) is 47.3 Å². The summed E-state index contributed by atoms with van der Waals surface area (Å²) < 4.78 is 46.9. The Morgan fingerprint density at radius 2 is 1.76 bits per heavy atom. The number of carbonyl (C=O) groups is 2. The maximum Gasteiger partial charge on any atom is 0.490 e. The largest absolute Gasteiger partial charge is 0.490 e. The highest BCUT2D eigenvalue weighted by molar-refractivity contribution is 6.30. The maximum absolute atomic E-state index is 13.4. The molecule has 0 bridgehead atoms. The van der Waals surface area contributed by atoms with Crippen LogP contribution in [0.3, 0.4) is 0 Å². The summed E-state index contributed by atoms with van der Waals surface area (Å²) in [4.78, 5) is 38.7. The SMILES string of the molecule is C[C@@H](CN1CCC(n2c(=O)[nH]c3cc(F)ccc32)CC1)NC(=O)c1ccc(Cl)cc1.O=C(O)C(F)(F)F. The van der Waals surface area contributed by atoms with E-state index in [1.165, 1.54) is 12.1 Å². The number of aromatic amines is 1. The minimum Gasteiger partial charge on any atom is -0.475 e. The molecule has 37 heavy (non-hydrogen) atoms. The second-order valence-electron chi connectivity index (χ2n) is 8.68. The van der Waals surface area contributed by atoms with E-state index in [2.05, 4.69) is 15.2 Å². The van der Waals surface area contributed by atoms with Crippen LogP contribution >= 0.6 is 11.6 Å². The summed E-state index contributed by atoms with van der Waals surface area (Å²) in [6.45, 7) is 4.37. The molecule has 3 aromatic rings. The van der Waals surface area contributed by atoms with Crippen molar-refractivity contribution < 1.29 is 32.3 Å². The third-order valence-corrected chi connectivity index (χ3v) is 6.11. The molecule has 0 spiro atoms.